The number of hydrogen-bond donors (Lipinski definition) is 3. The highest BCUT2D eigenvalue weighted by Crippen LogP contribution is 2.43. The molecule has 308 valence electrons. The van der Waals surface area contributed by atoms with Crippen molar-refractivity contribution in [3.05, 3.63) is 48.6 Å². The van der Waals surface area contributed by atoms with Gasteiger partial charge in [-0.3, -0.25) is 18.6 Å². The van der Waals surface area contributed by atoms with Gasteiger partial charge in [0.25, 0.3) is 0 Å². The number of ether oxygens (including phenoxy) is 2. The number of allylic oxidation sites excluding steroid dienone is 8. The van der Waals surface area contributed by atoms with Crippen molar-refractivity contribution in [3.8, 4) is 0 Å². The largest absolute Gasteiger partial charge is 0.472 e. The van der Waals surface area contributed by atoms with E-state index in [4.69, 9.17) is 19.1 Å². The molecular weight excluding hydrogens is 695 g/mol. The molecule has 0 aromatic heterocycles. The van der Waals surface area contributed by atoms with Crippen molar-refractivity contribution in [1.82, 2.24) is 0 Å². The molecule has 1 unspecified atom stereocenters. The number of aliphatic hydroxyl groups excluding tert-OH is 2. The number of phosphoric ester groups is 1. The Morgan fingerprint density at radius 3 is 1.45 bits per heavy atom. The minimum atomic E-state index is -4.62. The molecule has 11 heteroatoms. The lowest BCUT2D eigenvalue weighted by Gasteiger charge is -2.20. The summed E-state index contributed by atoms with van der Waals surface area (Å²) in [5.41, 5.74) is 0. The molecule has 0 bridgehead atoms. The van der Waals surface area contributed by atoms with Crippen LogP contribution in [0.1, 0.15) is 168 Å². The first-order chi connectivity index (χ1) is 25.7. The van der Waals surface area contributed by atoms with Crippen LogP contribution in [0, 0.1) is 0 Å². The predicted molar refractivity (Wildman–Crippen MR) is 214 cm³/mol. The number of rotatable bonds is 38. The summed E-state index contributed by atoms with van der Waals surface area (Å²) in [6.45, 7) is 2.28. The van der Waals surface area contributed by atoms with Crippen LogP contribution >= 0.6 is 7.82 Å². The third-order valence-corrected chi connectivity index (χ3v) is 9.41. The van der Waals surface area contributed by atoms with Gasteiger partial charge in [-0.2, -0.15) is 0 Å². The van der Waals surface area contributed by atoms with Gasteiger partial charge in [-0.05, 0) is 77.0 Å². The molecule has 53 heavy (non-hydrogen) atoms. The Kier molecular flexibility index (Phi) is 36.7. The van der Waals surface area contributed by atoms with Crippen LogP contribution < -0.4 is 0 Å². The summed E-state index contributed by atoms with van der Waals surface area (Å²) in [6.07, 6.45) is 39.3. The Morgan fingerprint density at radius 1 is 0.566 bits per heavy atom. The van der Waals surface area contributed by atoms with Crippen LogP contribution in [0.15, 0.2) is 48.6 Å². The molecular formula is C42H75O10P. The van der Waals surface area contributed by atoms with E-state index in [0.29, 0.717) is 12.8 Å². The summed E-state index contributed by atoms with van der Waals surface area (Å²) in [6, 6.07) is 0. The second-order valence-corrected chi connectivity index (χ2v) is 15.1. The molecule has 3 N–H and O–H groups in total. The predicted octanol–water partition coefficient (Wildman–Crippen LogP) is 10.6. The molecule has 0 aromatic rings. The zero-order valence-electron chi connectivity index (χ0n) is 33.2. The van der Waals surface area contributed by atoms with E-state index in [1.807, 2.05) is 0 Å². The van der Waals surface area contributed by atoms with E-state index in [0.717, 1.165) is 89.9 Å². The molecule has 0 aromatic carbocycles. The van der Waals surface area contributed by atoms with Crippen LogP contribution in [-0.4, -0.2) is 65.7 Å². The van der Waals surface area contributed by atoms with Gasteiger partial charge in [0.15, 0.2) is 6.10 Å². The Labute approximate surface area is 322 Å². The first-order valence-corrected chi connectivity index (χ1v) is 22.1. The highest BCUT2D eigenvalue weighted by Gasteiger charge is 2.27. The van der Waals surface area contributed by atoms with Crippen LogP contribution in [0.4, 0.5) is 0 Å². The van der Waals surface area contributed by atoms with Crippen molar-refractivity contribution in [1.29, 1.82) is 0 Å². The molecule has 3 atom stereocenters. The molecule has 0 spiro atoms. The van der Waals surface area contributed by atoms with Crippen molar-refractivity contribution >= 4 is 19.8 Å². The van der Waals surface area contributed by atoms with Gasteiger partial charge in [0.2, 0.25) is 0 Å². The number of phosphoric acid groups is 1. The van der Waals surface area contributed by atoms with Gasteiger partial charge >= 0.3 is 19.8 Å². The lowest BCUT2D eigenvalue weighted by atomic mass is 10.1. The minimum absolute atomic E-state index is 0.164. The fraction of sp³-hybridized carbons (Fsp3) is 0.762. The molecule has 0 saturated carbocycles. The van der Waals surface area contributed by atoms with Crippen molar-refractivity contribution < 1.29 is 47.8 Å². The second kappa shape index (κ2) is 38.2. The lowest BCUT2D eigenvalue weighted by Crippen LogP contribution is -2.29. The topological polar surface area (TPSA) is 149 Å². The standard InChI is InChI=1S/C42H75O10P/c1-3-5-7-9-11-13-15-17-19-21-23-25-27-29-31-33-41(45)49-37-40(38-51-53(47,48)50-36-39(44)35-43)52-42(46)34-32-30-28-26-24-22-20-18-16-14-12-10-8-6-4-2/h11-14,17-20,39-40,43-44H,3-10,15-16,21-38H2,1-2H3,(H,47,48)/b13-11+,14-12+,19-17+,20-18+/t39-,40+/m0/s1. The van der Waals surface area contributed by atoms with E-state index in [1.54, 1.807) is 0 Å². The van der Waals surface area contributed by atoms with E-state index < -0.39 is 51.8 Å². The molecule has 10 nitrogen and oxygen atoms in total. The third-order valence-electron chi connectivity index (χ3n) is 8.46. The normalized spacial score (nSPS) is 14.4. The average molecular weight is 771 g/mol. The van der Waals surface area contributed by atoms with Crippen molar-refractivity contribution in [2.24, 2.45) is 0 Å². The number of aliphatic hydroxyl groups is 2. The maximum absolute atomic E-state index is 12.6. The quantitative estimate of drug-likeness (QED) is 0.0240. The first-order valence-electron chi connectivity index (χ1n) is 20.6. The molecule has 0 amide bonds. The van der Waals surface area contributed by atoms with Gasteiger partial charge in [0.1, 0.15) is 12.7 Å². The van der Waals surface area contributed by atoms with E-state index in [1.165, 1.54) is 38.5 Å². The summed E-state index contributed by atoms with van der Waals surface area (Å²) < 4.78 is 32.6. The van der Waals surface area contributed by atoms with Gasteiger partial charge in [0.05, 0.1) is 19.8 Å². The van der Waals surface area contributed by atoms with E-state index in [2.05, 4.69) is 67.0 Å². The third kappa shape index (κ3) is 38.0. The minimum Gasteiger partial charge on any atom is -0.462 e. The maximum atomic E-state index is 12.6. The highest BCUT2D eigenvalue weighted by atomic mass is 31.2. The zero-order chi connectivity index (χ0) is 39.1. The fourth-order valence-corrected chi connectivity index (χ4v) is 6.02. The summed E-state index contributed by atoms with van der Waals surface area (Å²) in [5, 5.41) is 18.3. The molecule has 0 aliphatic heterocycles. The van der Waals surface area contributed by atoms with Crippen LogP contribution in [0.5, 0.6) is 0 Å². The zero-order valence-corrected chi connectivity index (χ0v) is 34.1. The number of hydrogen-bond acceptors (Lipinski definition) is 9. The summed E-state index contributed by atoms with van der Waals surface area (Å²) in [7, 11) is -4.62. The van der Waals surface area contributed by atoms with Gasteiger partial charge in [0, 0.05) is 12.8 Å². The summed E-state index contributed by atoms with van der Waals surface area (Å²) in [4.78, 5) is 34.9. The highest BCUT2D eigenvalue weighted by molar-refractivity contribution is 7.47. The molecule has 0 aliphatic rings. The first kappa shape index (κ1) is 50.9. The fourth-order valence-electron chi connectivity index (χ4n) is 5.23. The summed E-state index contributed by atoms with van der Waals surface area (Å²) in [5.74, 6) is -0.960. The van der Waals surface area contributed by atoms with E-state index in [9.17, 15) is 24.2 Å². The van der Waals surface area contributed by atoms with E-state index >= 15 is 0 Å². The second-order valence-electron chi connectivity index (χ2n) is 13.7. The van der Waals surface area contributed by atoms with Gasteiger partial charge < -0.3 is 24.6 Å². The van der Waals surface area contributed by atoms with Gasteiger partial charge in [-0.15, -0.1) is 0 Å². The monoisotopic (exact) mass is 771 g/mol. The van der Waals surface area contributed by atoms with Crippen LogP contribution in [0.25, 0.3) is 0 Å². The van der Waals surface area contributed by atoms with Crippen molar-refractivity contribution in [3.63, 3.8) is 0 Å². The number of carbonyl (C=O) groups is 2. The number of carbonyl (C=O) groups excluding carboxylic acids is 2. The molecule has 0 fully saturated rings. The molecule has 0 radical (unpaired) electrons. The van der Waals surface area contributed by atoms with E-state index in [-0.39, 0.29) is 19.4 Å². The average Bonchev–Trinajstić information content (AvgIpc) is 3.14. The number of esters is 2. The van der Waals surface area contributed by atoms with Crippen LogP contribution in [0.3, 0.4) is 0 Å². The number of unbranched alkanes of at least 4 members (excludes halogenated alkanes) is 16. The Bertz CT molecular complexity index is 1030. The lowest BCUT2D eigenvalue weighted by molar-refractivity contribution is -0.161. The Hall–Kier alpha value is -2.07. The molecule has 0 heterocycles. The van der Waals surface area contributed by atoms with Crippen LogP contribution in [-0.2, 0) is 32.7 Å². The smallest absolute Gasteiger partial charge is 0.462 e. The van der Waals surface area contributed by atoms with Gasteiger partial charge in [-0.1, -0.05) is 127 Å². The molecule has 0 saturated heterocycles. The molecule has 0 aliphatic carbocycles. The van der Waals surface area contributed by atoms with Crippen LogP contribution in [0.2, 0.25) is 0 Å². The maximum Gasteiger partial charge on any atom is 0.472 e. The SMILES string of the molecule is CCCCC/C=C/C/C=C/CCCCCCCC(=O)OC[C@H](COP(=O)(O)OC[C@@H](O)CO)OC(=O)CCCCCCC/C=C/C/C=C/CCCCC. The Morgan fingerprint density at radius 2 is 0.981 bits per heavy atom. The Balaban J connectivity index is 4.39. The van der Waals surface area contributed by atoms with Crippen molar-refractivity contribution in [2.45, 2.75) is 180 Å². The van der Waals surface area contributed by atoms with Gasteiger partial charge in [-0.25, -0.2) is 4.57 Å². The molecule has 0 rings (SSSR count). The summed E-state index contributed by atoms with van der Waals surface area (Å²) >= 11 is 0. The van der Waals surface area contributed by atoms with Crippen molar-refractivity contribution in [2.75, 3.05) is 26.4 Å².